The van der Waals surface area contributed by atoms with Gasteiger partial charge in [0, 0.05) is 12.1 Å². The van der Waals surface area contributed by atoms with E-state index in [1.807, 2.05) is 44.2 Å². The fourth-order valence-electron chi connectivity index (χ4n) is 2.21. The summed E-state index contributed by atoms with van der Waals surface area (Å²) in [7, 11) is -3.29. The van der Waals surface area contributed by atoms with Crippen molar-refractivity contribution in [2.24, 2.45) is 11.1 Å². The van der Waals surface area contributed by atoms with E-state index < -0.39 is 10.0 Å². The second-order valence-electron chi connectivity index (χ2n) is 5.58. The number of rotatable bonds is 4. The zero-order chi connectivity index (χ0) is 13.4. The lowest BCUT2D eigenvalue weighted by atomic mass is 9.64. The third-order valence-corrected chi connectivity index (χ3v) is 5.22. The molecule has 0 bridgehead atoms. The predicted octanol–water partition coefficient (Wildman–Crippen LogP) is 1.23. The summed E-state index contributed by atoms with van der Waals surface area (Å²) < 4.78 is 26.8. The SMILES string of the molecule is CC1(C)C(N)CC1NS(=O)(=O)Cc1ccccc1. The Hall–Kier alpha value is -0.910. The number of nitrogens with two attached hydrogens (primary N) is 1. The second-order valence-corrected chi connectivity index (χ2v) is 7.33. The van der Waals surface area contributed by atoms with Crippen LogP contribution in [0.3, 0.4) is 0 Å². The molecule has 100 valence electrons. The highest BCUT2D eigenvalue weighted by molar-refractivity contribution is 7.88. The first-order chi connectivity index (χ1) is 8.31. The standard InChI is InChI=1S/C13H20N2O2S/c1-13(2)11(14)8-12(13)15-18(16,17)9-10-6-4-3-5-7-10/h3-7,11-12,15H,8-9,14H2,1-2H3. The molecule has 0 amide bonds. The van der Waals surface area contributed by atoms with Crippen molar-refractivity contribution in [3.8, 4) is 0 Å². The summed E-state index contributed by atoms with van der Waals surface area (Å²) in [6.07, 6.45) is 0.709. The second kappa shape index (κ2) is 4.64. The Morgan fingerprint density at radius 1 is 1.33 bits per heavy atom. The van der Waals surface area contributed by atoms with Crippen LogP contribution in [0.5, 0.6) is 0 Å². The first kappa shape index (κ1) is 13.5. The molecule has 0 radical (unpaired) electrons. The Morgan fingerprint density at radius 3 is 2.44 bits per heavy atom. The van der Waals surface area contributed by atoms with Crippen LogP contribution in [0.15, 0.2) is 30.3 Å². The third-order valence-electron chi connectivity index (χ3n) is 3.86. The molecule has 0 heterocycles. The van der Waals surface area contributed by atoms with Gasteiger partial charge in [0.2, 0.25) is 10.0 Å². The van der Waals surface area contributed by atoms with Gasteiger partial charge in [-0.25, -0.2) is 13.1 Å². The normalized spacial score (nSPS) is 26.6. The number of sulfonamides is 1. The van der Waals surface area contributed by atoms with E-state index in [0.29, 0.717) is 6.42 Å². The molecule has 1 fully saturated rings. The van der Waals surface area contributed by atoms with Crippen LogP contribution < -0.4 is 10.5 Å². The van der Waals surface area contributed by atoms with E-state index in [0.717, 1.165) is 5.56 Å². The van der Waals surface area contributed by atoms with Gasteiger partial charge < -0.3 is 5.73 Å². The van der Waals surface area contributed by atoms with Crippen LogP contribution in [0, 0.1) is 5.41 Å². The zero-order valence-electron chi connectivity index (χ0n) is 10.8. The molecule has 1 aromatic carbocycles. The fraction of sp³-hybridized carbons (Fsp3) is 0.538. The summed E-state index contributed by atoms with van der Waals surface area (Å²) in [5.74, 6) is 0.0235. The lowest BCUT2D eigenvalue weighted by Crippen LogP contribution is -2.64. The molecule has 1 aliphatic rings. The van der Waals surface area contributed by atoms with E-state index in [4.69, 9.17) is 5.73 Å². The smallest absolute Gasteiger partial charge is 0.216 e. The van der Waals surface area contributed by atoms with Crippen molar-refractivity contribution >= 4 is 10.0 Å². The lowest BCUT2D eigenvalue weighted by Gasteiger charge is -2.50. The highest BCUT2D eigenvalue weighted by atomic mass is 32.2. The van der Waals surface area contributed by atoms with Gasteiger partial charge in [0.25, 0.3) is 0 Å². The van der Waals surface area contributed by atoms with E-state index in [9.17, 15) is 8.42 Å². The van der Waals surface area contributed by atoms with Crippen LogP contribution in [0.1, 0.15) is 25.8 Å². The quantitative estimate of drug-likeness (QED) is 0.862. The van der Waals surface area contributed by atoms with Crippen LogP contribution in [0.4, 0.5) is 0 Å². The molecule has 18 heavy (non-hydrogen) atoms. The van der Waals surface area contributed by atoms with Crippen molar-refractivity contribution < 1.29 is 8.42 Å². The van der Waals surface area contributed by atoms with E-state index in [1.54, 1.807) is 0 Å². The molecule has 1 aromatic rings. The van der Waals surface area contributed by atoms with Crippen molar-refractivity contribution in [2.45, 2.75) is 38.1 Å². The Bertz CT molecular complexity index is 511. The Balaban J connectivity index is 2.01. The largest absolute Gasteiger partial charge is 0.327 e. The van der Waals surface area contributed by atoms with Crippen molar-refractivity contribution in [3.63, 3.8) is 0 Å². The molecule has 2 rings (SSSR count). The molecule has 4 nitrogen and oxygen atoms in total. The van der Waals surface area contributed by atoms with Crippen LogP contribution in [0.2, 0.25) is 0 Å². The van der Waals surface area contributed by atoms with Crippen LogP contribution >= 0.6 is 0 Å². The Morgan fingerprint density at radius 2 is 1.94 bits per heavy atom. The topological polar surface area (TPSA) is 72.2 Å². The van der Waals surface area contributed by atoms with Crippen LogP contribution in [-0.2, 0) is 15.8 Å². The van der Waals surface area contributed by atoms with Gasteiger partial charge >= 0.3 is 0 Å². The summed E-state index contributed by atoms with van der Waals surface area (Å²) in [6, 6.07) is 9.20. The molecule has 0 aliphatic heterocycles. The highest BCUT2D eigenvalue weighted by Crippen LogP contribution is 2.39. The molecular weight excluding hydrogens is 248 g/mol. The monoisotopic (exact) mass is 268 g/mol. The minimum absolute atomic E-state index is 0.0235. The molecular formula is C13H20N2O2S. The molecule has 0 saturated heterocycles. The van der Waals surface area contributed by atoms with Gasteiger partial charge in [0.05, 0.1) is 5.75 Å². The molecule has 0 aromatic heterocycles. The molecule has 5 heteroatoms. The zero-order valence-corrected chi connectivity index (χ0v) is 11.6. The average Bonchev–Trinajstić information content (AvgIpc) is 2.29. The van der Waals surface area contributed by atoms with Gasteiger partial charge in [-0.05, 0) is 17.4 Å². The highest BCUT2D eigenvalue weighted by Gasteiger charge is 2.47. The molecule has 1 aliphatic carbocycles. The van der Waals surface area contributed by atoms with Gasteiger partial charge in [-0.1, -0.05) is 44.2 Å². The van der Waals surface area contributed by atoms with Crippen LogP contribution in [-0.4, -0.2) is 20.5 Å². The van der Waals surface area contributed by atoms with Crippen molar-refractivity contribution in [3.05, 3.63) is 35.9 Å². The molecule has 1 saturated carbocycles. The summed E-state index contributed by atoms with van der Waals surface area (Å²) in [5, 5.41) is 0. The summed E-state index contributed by atoms with van der Waals surface area (Å²) in [4.78, 5) is 0. The summed E-state index contributed by atoms with van der Waals surface area (Å²) in [5.41, 5.74) is 6.52. The van der Waals surface area contributed by atoms with Gasteiger partial charge in [-0.3, -0.25) is 0 Å². The van der Waals surface area contributed by atoms with Gasteiger partial charge in [-0.15, -0.1) is 0 Å². The third kappa shape index (κ3) is 2.74. The van der Waals surface area contributed by atoms with E-state index in [1.165, 1.54) is 0 Å². The molecule has 2 unspecified atom stereocenters. The maximum Gasteiger partial charge on any atom is 0.216 e. The molecule has 3 N–H and O–H groups in total. The number of hydrogen-bond donors (Lipinski definition) is 2. The van der Waals surface area contributed by atoms with Crippen molar-refractivity contribution in [1.29, 1.82) is 0 Å². The van der Waals surface area contributed by atoms with E-state index in [-0.39, 0.29) is 23.3 Å². The number of hydrogen-bond acceptors (Lipinski definition) is 3. The minimum Gasteiger partial charge on any atom is -0.327 e. The maximum absolute atomic E-state index is 12.0. The molecule has 2 atom stereocenters. The number of nitrogens with one attached hydrogen (secondary N) is 1. The fourth-order valence-corrected chi connectivity index (χ4v) is 3.76. The Kier molecular flexibility index (Phi) is 3.49. The average molecular weight is 268 g/mol. The number of benzene rings is 1. The van der Waals surface area contributed by atoms with Crippen molar-refractivity contribution in [1.82, 2.24) is 4.72 Å². The van der Waals surface area contributed by atoms with Gasteiger partial charge in [0.15, 0.2) is 0 Å². The minimum atomic E-state index is -3.29. The first-order valence-electron chi connectivity index (χ1n) is 6.11. The summed E-state index contributed by atoms with van der Waals surface area (Å²) >= 11 is 0. The van der Waals surface area contributed by atoms with E-state index in [2.05, 4.69) is 4.72 Å². The molecule has 0 spiro atoms. The Labute approximate surface area is 109 Å². The van der Waals surface area contributed by atoms with Crippen LogP contribution in [0.25, 0.3) is 0 Å². The summed E-state index contributed by atoms with van der Waals surface area (Å²) in [6.45, 7) is 3.99. The van der Waals surface area contributed by atoms with Gasteiger partial charge in [0.1, 0.15) is 0 Å². The maximum atomic E-state index is 12.0. The van der Waals surface area contributed by atoms with Crippen molar-refractivity contribution in [2.75, 3.05) is 0 Å². The predicted molar refractivity (Wildman–Crippen MR) is 72.4 cm³/mol. The first-order valence-corrected chi connectivity index (χ1v) is 7.76. The lowest BCUT2D eigenvalue weighted by molar-refractivity contribution is 0.0903. The van der Waals surface area contributed by atoms with Gasteiger partial charge in [-0.2, -0.15) is 0 Å². The van der Waals surface area contributed by atoms with E-state index >= 15 is 0 Å².